The standard InChI is InChI=1S/C14H18N2O3/c1-16(9-11-2-3-11)14(19)15-8-10-4-6-12(7-5-10)13(17)18/h4-7,11H,2-3,8-9H2,1H3,(H,15,19)(H,17,18). The van der Waals surface area contributed by atoms with Gasteiger partial charge >= 0.3 is 12.0 Å². The second-order valence-electron chi connectivity index (χ2n) is 4.98. The van der Waals surface area contributed by atoms with Crippen molar-refractivity contribution in [2.75, 3.05) is 13.6 Å². The van der Waals surface area contributed by atoms with Gasteiger partial charge in [0.05, 0.1) is 5.56 Å². The highest BCUT2D eigenvalue weighted by Crippen LogP contribution is 2.29. The van der Waals surface area contributed by atoms with Gasteiger partial charge in [0, 0.05) is 20.1 Å². The Morgan fingerprint density at radius 2 is 1.95 bits per heavy atom. The Morgan fingerprint density at radius 1 is 1.32 bits per heavy atom. The van der Waals surface area contributed by atoms with Crippen molar-refractivity contribution in [1.29, 1.82) is 0 Å². The van der Waals surface area contributed by atoms with Crippen LogP contribution in [0.5, 0.6) is 0 Å². The molecule has 0 aliphatic heterocycles. The number of nitrogens with zero attached hydrogens (tertiary/aromatic N) is 1. The second-order valence-corrected chi connectivity index (χ2v) is 4.98. The van der Waals surface area contributed by atoms with Crippen molar-refractivity contribution < 1.29 is 14.7 Å². The van der Waals surface area contributed by atoms with E-state index in [1.165, 1.54) is 25.0 Å². The van der Waals surface area contributed by atoms with Crippen LogP contribution < -0.4 is 5.32 Å². The van der Waals surface area contributed by atoms with E-state index in [9.17, 15) is 9.59 Å². The largest absolute Gasteiger partial charge is 0.478 e. The summed E-state index contributed by atoms with van der Waals surface area (Å²) in [6.45, 7) is 1.22. The minimum atomic E-state index is -0.945. The Bertz CT molecular complexity index is 466. The molecule has 0 saturated heterocycles. The summed E-state index contributed by atoms with van der Waals surface area (Å²) in [5.41, 5.74) is 1.14. The SMILES string of the molecule is CN(CC1CC1)C(=O)NCc1ccc(C(=O)O)cc1. The third-order valence-electron chi connectivity index (χ3n) is 3.22. The van der Waals surface area contributed by atoms with Crippen LogP contribution in [0, 0.1) is 5.92 Å². The average molecular weight is 262 g/mol. The van der Waals surface area contributed by atoms with Crippen molar-refractivity contribution in [3.05, 3.63) is 35.4 Å². The summed E-state index contributed by atoms with van der Waals surface area (Å²) < 4.78 is 0. The van der Waals surface area contributed by atoms with Crippen molar-refractivity contribution in [2.24, 2.45) is 5.92 Å². The number of benzene rings is 1. The number of carbonyl (C=O) groups excluding carboxylic acids is 1. The Balaban J connectivity index is 1.80. The number of hydrogen-bond donors (Lipinski definition) is 2. The van der Waals surface area contributed by atoms with E-state index >= 15 is 0 Å². The van der Waals surface area contributed by atoms with Crippen LogP contribution in [-0.4, -0.2) is 35.6 Å². The zero-order valence-electron chi connectivity index (χ0n) is 10.9. The second kappa shape index (κ2) is 5.73. The molecule has 0 atom stereocenters. The van der Waals surface area contributed by atoms with E-state index in [2.05, 4.69) is 5.32 Å². The van der Waals surface area contributed by atoms with Gasteiger partial charge in [-0.25, -0.2) is 9.59 Å². The molecule has 1 fully saturated rings. The van der Waals surface area contributed by atoms with Crippen molar-refractivity contribution in [1.82, 2.24) is 10.2 Å². The van der Waals surface area contributed by atoms with Crippen LogP contribution in [0.3, 0.4) is 0 Å². The molecule has 0 heterocycles. The Hall–Kier alpha value is -2.04. The smallest absolute Gasteiger partial charge is 0.335 e. The van der Waals surface area contributed by atoms with E-state index in [0.29, 0.717) is 12.5 Å². The number of carboxylic acid groups (broad SMARTS) is 1. The van der Waals surface area contributed by atoms with Gasteiger partial charge in [0.2, 0.25) is 0 Å². The summed E-state index contributed by atoms with van der Waals surface area (Å²) in [4.78, 5) is 24.2. The van der Waals surface area contributed by atoms with Gasteiger partial charge in [-0.2, -0.15) is 0 Å². The zero-order chi connectivity index (χ0) is 13.8. The van der Waals surface area contributed by atoms with Gasteiger partial charge in [-0.15, -0.1) is 0 Å². The van der Waals surface area contributed by atoms with Crippen LogP contribution in [0.25, 0.3) is 0 Å². The maximum absolute atomic E-state index is 11.8. The molecule has 0 aromatic heterocycles. The molecule has 19 heavy (non-hydrogen) atoms. The first-order valence-electron chi connectivity index (χ1n) is 6.37. The first-order chi connectivity index (χ1) is 9.06. The fraction of sp³-hybridized carbons (Fsp3) is 0.429. The third kappa shape index (κ3) is 3.98. The summed E-state index contributed by atoms with van der Waals surface area (Å²) in [5, 5.41) is 11.6. The summed E-state index contributed by atoms with van der Waals surface area (Å²) >= 11 is 0. The fourth-order valence-corrected chi connectivity index (χ4v) is 1.85. The Kier molecular flexibility index (Phi) is 4.04. The maximum Gasteiger partial charge on any atom is 0.335 e. The lowest BCUT2D eigenvalue weighted by Crippen LogP contribution is -2.37. The van der Waals surface area contributed by atoms with Crippen LogP contribution in [0.4, 0.5) is 4.79 Å². The zero-order valence-corrected chi connectivity index (χ0v) is 10.9. The minimum Gasteiger partial charge on any atom is -0.478 e. The van der Waals surface area contributed by atoms with Crippen molar-refractivity contribution >= 4 is 12.0 Å². The lowest BCUT2D eigenvalue weighted by Gasteiger charge is -2.17. The molecule has 0 unspecified atom stereocenters. The third-order valence-corrected chi connectivity index (χ3v) is 3.22. The number of hydrogen-bond acceptors (Lipinski definition) is 2. The molecule has 0 bridgehead atoms. The maximum atomic E-state index is 11.8. The lowest BCUT2D eigenvalue weighted by atomic mass is 10.1. The fourth-order valence-electron chi connectivity index (χ4n) is 1.85. The van der Waals surface area contributed by atoms with E-state index in [1.807, 2.05) is 0 Å². The Morgan fingerprint density at radius 3 is 2.47 bits per heavy atom. The normalized spacial score (nSPS) is 13.9. The van der Waals surface area contributed by atoms with Crippen LogP contribution in [0.2, 0.25) is 0 Å². The molecule has 102 valence electrons. The molecule has 1 saturated carbocycles. The molecule has 0 radical (unpaired) electrons. The number of carbonyl (C=O) groups is 2. The predicted molar refractivity (Wildman–Crippen MR) is 71.0 cm³/mol. The predicted octanol–water partition coefficient (Wildman–Crippen LogP) is 1.94. The summed E-state index contributed by atoms with van der Waals surface area (Å²) in [5.74, 6) is -0.273. The van der Waals surface area contributed by atoms with E-state index in [-0.39, 0.29) is 11.6 Å². The highest BCUT2D eigenvalue weighted by molar-refractivity contribution is 5.87. The summed E-state index contributed by atoms with van der Waals surface area (Å²) in [7, 11) is 1.79. The minimum absolute atomic E-state index is 0.0887. The number of aromatic carboxylic acids is 1. The summed E-state index contributed by atoms with van der Waals surface area (Å²) in [6.07, 6.45) is 2.43. The highest BCUT2D eigenvalue weighted by Gasteiger charge is 2.24. The molecule has 5 nitrogen and oxygen atoms in total. The molecule has 1 aliphatic rings. The van der Waals surface area contributed by atoms with Gasteiger partial charge in [-0.1, -0.05) is 12.1 Å². The van der Waals surface area contributed by atoms with E-state index in [1.54, 1.807) is 24.1 Å². The monoisotopic (exact) mass is 262 g/mol. The number of nitrogens with one attached hydrogen (secondary N) is 1. The van der Waals surface area contributed by atoms with Crippen LogP contribution in [0.15, 0.2) is 24.3 Å². The average Bonchev–Trinajstić information content (AvgIpc) is 3.20. The molecule has 0 spiro atoms. The van der Waals surface area contributed by atoms with E-state index < -0.39 is 5.97 Å². The van der Waals surface area contributed by atoms with Crippen molar-refractivity contribution in [2.45, 2.75) is 19.4 Å². The molecule has 2 rings (SSSR count). The van der Waals surface area contributed by atoms with Gasteiger partial charge in [-0.05, 0) is 36.5 Å². The summed E-state index contributed by atoms with van der Waals surface area (Å²) in [6, 6.07) is 6.42. The lowest BCUT2D eigenvalue weighted by molar-refractivity contribution is 0.0697. The van der Waals surface area contributed by atoms with Gasteiger partial charge in [-0.3, -0.25) is 0 Å². The quantitative estimate of drug-likeness (QED) is 0.852. The number of rotatable bonds is 5. The van der Waals surface area contributed by atoms with E-state index in [4.69, 9.17) is 5.11 Å². The number of urea groups is 1. The van der Waals surface area contributed by atoms with Gasteiger partial charge in [0.15, 0.2) is 0 Å². The molecule has 1 aliphatic carbocycles. The van der Waals surface area contributed by atoms with Crippen molar-refractivity contribution in [3.63, 3.8) is 0 Å². The highest BCUT2D eigenvalue weighted by atomic mass is 16.4. The molecule has 1 aromatic rings. The van der Waals surface area contributed by atoms with Crippen LogP contribution >= 0.6 is 0 Å². The molecule has 1 aromatic carbocycles. The molecule has 2 amide bonds. The molecular formula is C14H18N2O3. The van der Waals surface area contributed by atoms with E-state index in [0.717, 1.165) is 12.1 Å². The number of carboxylic acids is 1. The first kappa shape index (κ1) is 13.4. The van der Waals surface area contributed by atoms with Crippen LogP contribution in [-0.2, 0) is 6.54 Å². The Labute approximate surface area is 112 Å². The molecule has 5 heteroatoms. The van der Waals surface area contributed by atoms with Crippen LogP contribution in [0.1, 0.15) is 28.8 Å². The molecule has 2 N–H and O–H groups in total. The first-order valence-corrected chi connectivity index (χ1v) is 6.37. The van der Waals surface area contributed by atoms with Gasteiger partial charge in [0.1, 0.15) is 0 Å². The topological polar surface area (TPSA) is 69.6 Å². The molecular weight excluding hydrogens is 244 g/mol. The van der Waals surface area contributed by atoms with Gasteiger partial charge < -0.3 is 15.3 Å². The van der Waals surface area contributed by atoms with Gasteiger partial charge in [0.25, 0.3) is 0 Å². The number of amides is 2. The van der Waals surface area contributed by atoms with Crippen molar-refractivity contribution in [3.8, 4) is 0 Å².